The largest absolute Gasteiger partial charge is 0.337 e. The number of hydrogen-bond acceptors (Lipinski definition) is 2. The molecular formula is C29H32Cl3N3O. The maximum Gasteiger partial charge on any atom is 0.319 e. The monoisotopic (exact) mass is 543 g/mol. The molecule has 7 heteroatoms. The van der Waals surface area contributed by atoms with Gasteiger partial charge in [-0.1, -0.05) is 85.0 Å². The molecule has 2 amide bonds. The molecule has 0 atom stereocenters. The Hall–Kier alpha value is -2.24. The Morgan fingerprint density at radius 1 is 0.889 bits per heavy atom. The van der Waals surface area contributed by atoms with Gasteiger partial charge in [0.25, 0.3) is 0 Å². The van der Waals surface area contributed by atoms with Crippen LogP contribution in [-0.2, 0) is 5.41 Å². The highest BCUT2D eigenvalue weighted by molar-refractivity contribution is 6.35. The first-order chi connectivity index (χ1) is 17.2. The van der Waals surface area contributed by atoms with Crippen molar-refractivity contribution >= 4 is 46.5 Å². The molecule has 0 radical (unpaired) electrons. The number of carbonyl (C=O) groups excluding carboxylic acids is 1. The summed E-state index contributed by atoms with van der Waals surface area (Å²) in [6.45, 7) is 8.14. The van der Waals surface area contributed by atoms with Gasteiger partial charge in [-0.05, 0) is 78.9 Å². The van der Waals surface area contributed by atoms with Crippen molar-refractivity contribution in [2.45, 2.75) is 32.1 Å². The molecule has 1 heterocycles. The number of benzene rings is 3. The van der Waals surface area contributed by atoms with Crippen molar-refractivity contribution in [3.8, 4) is 11.1 Å². The Labute approximate surface area is 228 Å². The van der Waals surface area contributed by atoms with Crippen molar-refractivity contribution in [3.05, 3.63) is 87.4 Å². The SMILES string of the molecule is CC(C)CN1CCC(CNC(=O)Nc2cc(Cl)cc(Cl)c2)(c2ccc(-c3cccc(Cl)c3)cc2)CC1. The molecule has 36 heavy (non-hydrogen) atoms. The number of rotatable bonds is 7. The molecule has 4 nitrogen and oxygen atoms in total. The van der Waals surface area contributed by atoms with Crippen molar-refractivity contribution in [2.24, 2.45) is 5.92 Å². The molecule has 2 N–H and O–H groups in total. The first kappa shape index (κ1) is 26.8. The Balaban J connectivity index is 1.51. The minimum Gasteiger partial charge on any atom is -0.337 e. The number of halogens is 3. The van der Waals surface area contributed by atoms with E-state index < -0.39 is 0 Å². The number of piperidine rings is 1. The van der Waals surface area contributed by atoms with Crippen LogP contribution in [0.25, 0.3) is 11.1 Å². The number of amides is 2. The second-order valence-corrected chi connectivity index (χ2v) is 11.3. The quantitative estimate of drug-likeness (QED) is 0.315. The lowest BCUT2D eigenvalue weighted by atomic mass is 9.72. The molecule has 3 aromatic carbocycles. The summed E-state index contributed by atoms with van der Waals surface area (Å²) >= 11 is 18.4. The summed E-state index contributed by atoms with van der Waals surface area (Å²) in [5.41, 5.74) is 3.87. The van der Waals surface area contributed by atoms with E-state index in [0.29, 0.717) is 28.2 Å². The zero-order chi connectivity index (χ0) is 25.7. The van der Waals surface area contributed by atoms with Crippen LogP contribution >= 0.6 is 34.8 Å². The molecule has 0 spiro atoms. The standard InChI is InChI=1S/C29H32Cl3N3O/c1-20(2)18-35-12-10-29(11-13-35,19-33-28(36)34-27-16-25(31)15-26(32)17-27)23-8-6-21(7-9-23)22-4-3-5-24(30)14-22/h3-9,14-17,20H,10-13,18-19H2,1-2H3,(H2,33,34,36). The maximum atomic E-state index is 12.8. The van der Waals surface area contributed by atoms with Gasteiger partial charge in [-0.15, -0.1) is 0 Å². The predicted octanol–water partition coefficient (Wildman–Crippen LogP) is 8.13. The molecule has 1 aliphatic heterocycles. The average molecular weight is 545 g/mol. The topological polar surface area (TPSA) is 44.4 Å². The lowest BCUT2D eigenvalue weighted by molar-refractivity contribution is 0.144. The third kappa shape index (κ3) is 6.95. The minimum absolute atomic E-state index is 0.149. The summed E-state index contributed by atoms with van der Waals surface area (Å²) in [5.74, 6) is 0.628. The van der Waals surface area contributed by atoms with E-state index in [1.807, 2.05) is 18.2 Å². The van der Waals surface area contributed by atoms with E-state index in [9.17, 15) is 4.79 Å². The van der Waals surface area contributed by atoms with Crippen molar-refractivity contribution in [1.29, 1.82) is 0 Å². The first-order valence-electron chi connectivity index (χ1n) is 12.3. The first-order valence-corrected chi connectivity index (χ1v) is 13.5. The Kier molecular flexibility index (Phi) is 8.84. The van der Waals surface area contributed by atoms with Gasteiger partial charge in [-0.3, -0.25) is 0 Å². The zero-order valence-electron chi connectivity index (χ0n) is 20.7. The van der Waals surface area contributed by atoms with E-state index in [1.54, 1.807) is 18.2 Å². The molecule has 3 aromatic rings. The lowest BCUT2D eigenvalue weighted by Gasteiger charge is -2.43. The molecule has 190 valence electrons. The third-order valence-corrected chi connectivity index (χ3v) is 7.47. The molecular weight excluding hydrogens is 513 g/mol. The highest BCUT2D eigenvalue weighted by atomic mass is 35.5. The van der Waals surface area contributed by atoms with Crippen LogP contribution in [0.4, 0.5) is 10.5 Å². The minimum atomic E-state index is -0.270. The molecule has 0 unspecified atom stereocenters. The molecule has 0 bridgehead atoms. The smallest absolute Gasteiger partial charge is 0.319 e. The van der Waals surface area contributed by atoms with Crippen LogP contribution in [0.2, 0.25) is 15.1 Å². The van der Waals surface area contributed by atoms with Crippen LogP contribution in [0.3, 0.4) is 0 Å². The van der Waals surface area contributed by atoms with E-state index in [-0.39, 0.29) is 11.4 Å². The second-order valence-electron chi connectivity index (χ2n) is 10.0. The number of carbonyl (C=O) groups is 1. The number of nitrogens with zero attached hydrogens (tertiary/aromatic N) is 1. The fraction of sp³-hybridized carbons (Fsp3) is 0.345. The molecule has 0 aromatic heterocycles. The van der Waals surface area contributed by atoms with Gasteiger partial charge >= 0.3 is 6.03 Å². The number of anilines is 1. The summed E-state index contributed by atoms with van der Waals surface area (Å²) in [6.07, 6.45) is 1.94. The van der Waals surface area contributed by atoms with Gasteiger partial charge < -0.3 is 15.5 Å². The van der Waals surface area contributed by atoms with Crippen molar-refractivity contribution in [2.75, 3.05) is 31.5 Å². The summed E-state index contributed by atoms with van der Waals surface area (Å²) in [5, 5.41) is 7.66. The van der Waals surface area contributed by atoms with Crippen molar-refractivity contribution in [3.63, 3.8) is 0 Å². The average Bonchev–Trinajstić information content (AvgIpc) is 2.83. The van der Waals surface area contributed by atoms with Gasteiger partial charge in [0.1, 0.15) is 0 Å². The molecule has 1 fully saturated rings. The predicted molar refractivity (Wildman–Crippen MR) is 153 cm³/mol. The van der Waals surface area contributed by atoms with Gasteiger partial charge in [0.15, 0.2) is 0 Å². The van der Waals surface area contributed by atoms with Gasteiger partial charge in [-0.25, -0.2) is 4.79 Å². The van der Waals surface area contributed by atoms with E-state index in [2.05, 4.69) is 59.7 Å². The number of urea groups is 1. The fourth-order valence-electron chi connectivity index (χ4n) is 4.98. The van der Waals surface area contributed by atoms with Gasteiger partial charge in [0, 0.05) is 39.3 Å². The number of hydrogen-bond donors (Lipinski definition) is 2. The van der Waals surface area contributed by atoms with Crippen LogP contribution < -0.4 is 10.6 Å². The van der Waals surface area contributed by atoms with E-state index in [0.717, 1.165) is 48.6 Å². The Morgan fingerprint density at radius 2 is 1.56 bits per heavy atom. The normalized spacial score (nSPS) is 15.6. The summed E-state index contributed by atoms with van der Waals surface area (Å²) in [6, 6.07) is 21.3. The fourth-order valence-corrected chi connectivity index (χ4v) is 5.70. The Bertz CT molecular complexity index is 1170. The van der Waals surface area contributed by atoms with Crippen LogP contribution in [-0.4, -0.2) is 37.1 Å². The molecule has 0 saturated carbocycles. The van der Waals surface area contributed by atoms with E-state index in [4.69, 9.17) is 34.8 Å². The van der Waals surface area contributed by atoms with Crippen LogP contribution in [0.5, 0.6) is 0 Å². The molecule has 0 aliphatic carbocycles. The Morgan fingerprint density at radius 3 is 2.17 bits per heavy atom. The number of nitrogens with one attached hydrogen (secondary N) is 2. The van der Waals surface area contributed by atoms with E-state index >= 15 is 0 Å². The second kappa shape index (κ2) is 11.9. The number of likely N-dealkylation sites (tertiary alicyclic amines) is 1. The summed E-state index contributed by atoms with van der Waals surface area (Å²) in [7, 11) is 0. The van der Waals surface area contributed by atoms with Crippen LogP contribution in [0.1, 0.15) is 32.3 Å². The van der Waals surface area contributed by atoms with Crippen LogP contribution in [0.15, 0.2) is 66.7 Å². The molecule has 1 aliphatic rings. The van der Waals surface area contributed by atoms with Gasteiger partial charge in [0.05, 0.1) is 0 Å². The highest BCUT2D eigenvalue weighted by Gasteiger charge is 2.36. The highest BCUT2D eigenvalue weighted by Crippen LogP contribution is 2.37. The lowest BCUT2D eigenvalue weighted by Crippen LogP contribution is -2.50. The summed E-state index contributed by atoms with van der Waals surface area (Å²) in [4.78, 5) is 15.3. The van der Waals surface area contributed by atoms with Gasteiger partial charge in [0.2, 0.25) is 0 Å². The van der Waals surface area contributed by atoms with Crippen LogP contribution in [0, 0.1) is 5.92 Å². The van der Waals surface area contributed by atoms with Crippen molar-refractivity contribution < 1.29 is 4.79 Å². The van der Waals surface area contributed by atoms with Gasteiger partial charge in [-0.2, -0.15) is 0 Å². The zero-order valence-corrected chi connectivity index (χ0v) is 22.9. The molecule has 4 rings (SSSR count). The summed E-state index contributed by atoms with van der Waals surface area (Å²) < 4.78 is 0. The van der Waals surface area contributed by atoms with E-state index in [1.165, 1.54) is 5.56 Å². The molecule has 1 saturated heterocycles. The van der Waals surface area contributed by atoms with Crippen molar-refractivity contribution in [1.82, 2.24) is 10.2 Å². The third-order valence-electron chi connectivity index (χ3n) is 6.80. The maximum absolute atomic E-state index is 12.8.